The van der Waals surface area contributed by atoms with Gasteiger partial charge in [-0.05, 0) is 62.5 Å². The molecule has 1 aromatic rings. The zero-order valence-corrected chi connectivity index (χ0v) is 13.4. The number of rotatable bonds is 3. The molecule has 1 fully saturated rings. The molecule has 1 aliphatic heterocycles. The summed E-state index contributed by atoms with van der Waals surface area (Å²) in [5.74, 6) is 0.663. The van der Waals surface area contributed by atoms with Crippen LogP contribution in [0.2, 0.25) is 10.0 Å². The predicted octanol–water partition coefficient (Wildman–Crippen LogP) is 3.97. The first kappa shape index (κ1) is 17.1. The molecule has 2 rings (SSSR count). The summed E-state index contributed by atoms with van der Waals surface area (Å²) in [6, 6.07) is 5.97. The van der Waals surface area contributed by atoms with Crippen LogP contribution in [-0.2, 0) is 6.54 Å². The van der Waals surface area contributed by atoms with E-state index in [9.17, 15) is 0 Å². The summed E-state index contributed by atoms with van der Waals surface area (Å²) in [6.07, 6.45) is 2.35. The van der Waals surface area contributed by atoms with E-state index in [1.807, 2.05) is 18.2 Å². The van der Waals surface area contributed by atoms with Crippen LogP contribution in [0.25, 0.3) is 0 Å². The van der Waals surface area contributed by atoms with Gasteiger partial charge in [0, 0.05) is 22.6 Å². The van der Waals surface area contributed by atoms with Crippen LogP contribution in [0.3, 0.4) is 0 Å². The molecule has 0 aromatic heterocycles. The number of likely N-dealkylation sites (tertiary alicyclic amines) is 1. The Balaban J connectivity index is 0.00000180. The second-order valence-electron chi connectivity index (χ2n) is 5.21. The third-order valence-corrected chi connectivity index (χ3v) is 4.38. The fourth-order valence-electron chi connectivity index (χ4n) is 2.54. The molecular weight excluding hydrogens is 303 g/mol. The lowest BCUT2D eigenvalue weighted by Gasteiger charge is -2.33. The van der Waals surface area contributed by atoms with Crippen LogP contribution in [0, 0.1) is 5.92 Å². The highest BCUT2D eigenvalue weighted by Crippen LogP contribution is 2.25. The van der Waals surface area contributed by atoms with E-state index in [4.69, 9.17) is 28.9 Å². The molecule has 2 N–H and O–H groups in total. The molecule has 1 aromatic carbocycles. The number of hydrogen-bond donors (Lipinski definition) is 1. The normalized spacial score (nSPS) is 18.9. The molecule has 1 aliphatic rings. The first-order valence-corrected chi connectivity index (χ1v) is 7.23. The molecule has 0 spiro atoms. The Kier molecular flexibility index (Phi) is 6.92. The molecule has 19 heavy (non-hydrogen) atoms. The van der Waals surface area contributed by atoms with Crippen molar-refractivity contribution in [3.63, 3.8) is 0 Å². The summed E-state index contributed by atoms with van der Waals surface area (Å²) in [5, 5.41) is 1.55. The minimum Gasteiger partial charge on any atom is -0.328 e. The molecule has 1 atom stereocenters. The van der Waals surface area contributed by atoms with Crippen molar-refractivity contribution in [1.82, 2.24) is 4.90 Å². The van der Waals surface area contributed by atoms with E-state index in [0.29, 0.717) is 12.0 Å². The molecule has 0 radical (unpaired) electrons. The summed E-state index contributed by atoms with van der Waals surface area (Å²) in [5.41, 5.74) is 7.07. The zero-order chi connectivity index (χ0) is 13.1. The lowest BCUT2D eigenvalue weighted by molar-refractivity contribution is 0.166. The number of piperidine rings is 1. The zero-order valence-electron chi connectivity index (χ0n) is 11.1. The minimum absolute atomic E-state index is 0. The first-order valence-electron chi connectivity index (χ1n) is 6.48. The van der Waals surface area contributed by atoms with Gasteiger partial charge in [0.15, 0.2) is 0 Å². The van der Waals surface area contributed by atoms with Gasteiger partial charge in [-0.25, -0.2) is 0 Å². The second kappa shape index (κ2) is 7.70. The van der Waals surface area contributed by atoms with E-state index in [1.54, 1.807) is 0 Å². The van der Waals surface area contributed by atoms with Gasteiger partial charge in [0.25, 0.3) is 0 Å². The van der Waals surface area contributed by atoms with E-state index in [-0.39, 0.29) is 12.4 Å². The van der Waals surface area contributed by atoms with Crippen molar-refractivity contribution in [3.8, 4) is 0 Å². The van der Waals surface area contributed by atoms with Crippen LogP contribution >= 0.6 is 35.6 Å². The van der Waals surface area contributed by atoms with E-state index < -0.39 is 0 Å². The van der Waals surface area contributed by atoms with Crippen molar-refractivity contribution in [2.75, 3.05) is 13.1 Å². The van der Waals surface area contributed by atoms with Gasteiger partial charge in [-0.1, -0.05) is 23.2 Å². The number of nitrogens with zero attached hydrogens (tertiary/aromatic N) is 1. The maximum Gasteiger partial charge on any atom is 0.0452 e. The Hall–Kier alpha value is 0.01000. The maximum atomic E-state index is 6.19. The van der Waals surface area contributed by atoms with Crippen LogP contribution in [-0.4, -0.2) is 24.0 Å². The highest BCUT2D eigenvalue weighted by molar-refractivity contribution is 6.33. The van der Waals surface area contributed by atoms with Gasteiger partial charge in [0.05, 0.1) is 0 Å². The van der Waals surface area contributed by atoms with Crippen LogP contribution in [0.4, 0.5) is 0 Å². The largest absolute Gasteiger partial charge is 0.328 e. The molecule has 1 saturated heterocycles. The predicted molar refractivity (Wildman–Crippen MR) is 85.4 cm³/mol. The number of hydrogen-bond acceptors (Lipinski definition) is 2. The Morgan fingerprint density at radius 2 is 1.95 bits per heavy atom. The summed E-state index contributed by atoms with van der Waals surface area (Å²) in [7, 11) is 0. The Morgan fingerprint density at radius 3 is 2.53 bits per heavy atom. The minimum atomic E-state index is 0. The SMILES string of the molecule is CC(N)C1CCN(Cc2cc(Cl)ccc2Cl)CC1.Cl. The van der Waals surface area contributed by atoms with Crippen molar-refractivity contribution in [3.05, 3.63) is 33.8 Å². The van der Waals surface area contributed by atoms with Gasteiger partial charge < -0.3 is 5.73 Å². The van der Waals surface area contributed by atoms with Crippen molar-refractivity contribution < 1.29 is 0 Å². The van der Waals surface area contributed by atoms with E-state index in [2.05, 4.69) is 11.8 Å². The molecule has 0 amide bonds. The maximum absolute atomic E-state index is 6.19. The molecule has 0 saturated carbocycles. The molecule has 108 valence electrons. The highest BCUT2D eigenvalue weighted by Gasteiger charge is 2.22. The third kappa shape index (κ3) is 4.80. The Morgan fingerprint density at radius 1 is 1.32 bits per heavy atom. The first-order chi connectivity index (χ1) is 8.56. The van der Waals surface area contributed by atoms with Crippen LogP contribution in [0.5, 0.6) is 0 Å². The van der Waals surface area contributed by atoms with Gasteiger partial charge in [0.2, 0.25) is 0 Å². The van der Waals surface area contributed by atoms with Crippen LogP contribution in [0.15, 0.2) is 18.2 Å². The number of nitrogens with two attached hydrogens (primary N) is 1. The molecule has 1 unspecified atom stereocenters. The Labute approximate surface area is 131 Å². The molecule has 0 aliphatic carbocycles. The lowest BCUT2D eigenvalue weighted by Crippen LogP contribution is -2.39. The standard InChI is InChI=1S/C14H20Cl2N2.ClH/c1-10(17)11-4-6-18(7-5-11)9-12-8-13(15)2-3-14(12)16;/h2-3,8,10-11H,4-7,9,17H2,1H3;1H. The molecule has 5 heteroatoms. The average Bonchev–Trinajstić information content (AvgIpc) is 2.34. The molecule has 0 bridgehead atoms. The second-order valence-corrected chi connectivity index (χ2v) is 6.05. The van der Waals surface area contributed by atoms with Crippen molar-refractivity contribution >= 4 is 35.6 Å². The van der Waals surface area contributed by atoms with Gasteiger partial charge in [-0.15, -0.1) is 12.4 Å². The summed E-state index contributed by atoms with van der Waals surface area (Å²) in [4.78, 5) is 2.43. The number of benzene rings is 1. The van der Waals surface area contributed by atoms with E-state index in [1.165, 1.54) is 12.8 Å². The van der Waals surface area contributed by atoms with Crippen molar-refractivity contribution in [2.24, 2.45) is 11.7 Å². The van der Waals surface area contributed by atoms with Gasteiger partial charge in [-0.2, -0.15) is 0 Å². The van der Waals surface area contributed by atoms with E-state index >= 15 is 0 Å². The third-order valence-electron chi connectivity index (χ3n) is 3.78. The van der Waals surface area contributed by atoms with Crippen molar-refractivity contribution in [2.45, 2.75) is 32.4 Å². The summed E-state index contributed by atoms with van der Waals surface area (Å²) in [6.45, 7) is 5.17. The monoisotopic (exact) mass is 322 g/mol. The average molecular weight is 324 g/mol. The quantitative estimate of drug-likeness (QED) is 0.912. The Bertz CT molecular complexity index is 402. The molecular formula is C14H21Cl3N2. The fourth-order valence-corrected chi connectivity index (χ4v) is 2.91. The van der Waals surface area contributed by atoms with Gasteiger partial charge >= 0.3 is 0 Å². The van der Waals surface area contributed by atoms with Gasteiger partial charge in [0.1, 0.15) is 0 Å². The van der Waals surface area contributed by atoms with Crippen LogP contribution < -0.4 is 5.73 Å². The topological polar surface area (TPSA) is 29.3 Å². The number of halogens is 3. The highest BCUT2D eigenvalue weighted by atomic mass is 35.5. The molecule has 2 nitrogen and oxygen atoms in total. The lowest BCUT2D eigenvalue weighted by atomic mass is 9.91. The van der Waals surface area contributed by atoms with Crippen molar-refractivity contribution in [1.29, 1.82) is 0 Å². The molecule has 1 heterocycles. The van der Waals surface area contributed by atoms with Gasteiger partial charge in [-0.3, -0.25) is 4.90 Å². The smallest absolute Gasteiger partial charge is 0.0452 e. The van der Waals surface area contributed by atoms with Crippen LogP contribution in [0.1, 0.15) is 25.3 Å². The van der Waals surface area contributed by atoms with E-state index in [0.717, 1.165) is 35.2 Å². The summed E-state index contributed by atoms with van der Waals surface area (Å²) >= 11 is 12.2. The fraction of sp³-hybridized carbons (Fsp3) is 0.571. The summed E-state index contributed by atoms with van der Waals surface area (Å²) < 4.78 is 0.